The Morgan fingerprint density at radius 1 is 0.680 bits per heavy atom. The molecule has 1 nitrogen and oxygen atoms in total. The van der Waals surface area contributed by atoms with Gasteiger partial charge in [0.1, 0.15) is 0 Å². The van der Waals surface area contributed by atoms with Crippen molar-refractivity contribution >= 4 is 27.2 Å². The number of hydrogen-bond donors (Lipinski definition) is 1. The van der Waals surface area contributed by atoms with Gasteiger partial charge in [-0.05, 0) is 61.8 Å². The van der Waals surface area contributed by atoms with E-state index < -0.39 is 0 Å². The van der Waals surface area contributed by atoms with Gasteiger partial charge in [0.05, 0.1) is 0 Å². The van der Waals surface area contributed by atoms with Crippen molar-refractivity contribution in [3.05, 3.63) is 78.4 Å². The van der Waals surface area contributed by atoms with E-state index in [0.717, 1.165) is 5.69 Å². The average Bonchev–Trinajstić information content (AvgIpc) is 2.58. The molecular weight excluding hydrogens is 302 g/mol. The largest absolute Gasteiger partial charge is 0.398 e. The Morgan fingerprint density at radius 3 is 1.92 bits per heavy atom. The summed E-state index contributed by atoms with van der Waals surface area (Å²) in [4.78, 5) is 0. The smallest absolute Gasteiger partial charge is 0.0364 e. The summed E-state index contributed by atoms with van der Waals surface area (Å²) in [6.45, 7) is 6.70. The summed E-state index contributed by atoms with van der Waals surface area (Å²) in [5, 5.41) is 4.97. The fraction of sp³-hybridized carbons (Fsp3) is 0.167. The number of nitrogens with two attached hydrogens (primary N) is 1. The topological polar surface area (TPSA) is 26.0 Å². The van der Waals surface area contributed by atoms with Crippen LogP contribution in [0, 0.1) is 0 Å². The van der Waals surface area contributed by atoms with Gasteiger partial charge in [-0.15, -0.1) is 0 Å². The van der Waals surface area contributed by atoms with Gasteiger partial charge < -0.3 is 5.73 Å². The zero-order valence-electron chi connectivity index (χ0n) is 15.0. The summed E-state index contributed by atoms with van der Waals surface area (Å²) in [5.41, 5.74) is 11.1. The van der Waals surface area contributed by atoms with E-state index in [2.05, 4.69) is 93.6 Å². The van der Waals surface area contributed by atoms with Crippen LogP contribution in [0.25, 0.3) is 32.7 Å². The van der Waals surface area contributed by atoms with Gasteiger partial charge in [-0.1, -0.05) is 75.4 Å². The van der Waals surface area contributed by atoms with Crippen LogP contribution in [-0.4, -0.2) is 0 Å². The van der Waals surface area contributed by atoms with E-state index in [4.69, 9.17) is 5.73 Å². The van der Waals surface area contributed by atoms with Crippen molar-refractivity contribution in [1.29, 1.82) is 0 Å². The minimum atomic E-state index is -0.0326. The van der Waals surface area contributed by atoms with Gasteiger partial charge in [0, 0.05) is 5.69 Å². The molecule has 0 aromatic heterocycles. The van der Waals surface area contributed by atoms with Crippen molar-refractivity contribution in [2.24, 2.45) is 0 Å². The van der Waals surface area contributed by atoms with Crippen LogP contribution in [-0.2, 0) is 5.41 Å². The average molecular weight is 325 g/mol. The molecule has 0 heterocycles. The Labute approximate surface area is 149 Å². The second kappa shape index (κ2) is 5.63. The van der Waals surface area contributed by atoms with Gasteiger partial charge in [0.15, 0.2) is 0 Å². The van der Waals surface area contributed by atoms with E-state index in [-0.39, 0.29) is 5.41 Å². The lowest BCUT2D eigenvalue weighted by Gasteiger charge is -2.27. The summed E-state index contributed by atoms with van der Waals surface area (Å²) < 4.78 is 0. The van der Waals surface area contributed by atoms with Gasteiger partial charge >= 0.3 is 0 Å². The van der Waals surface area contributed by atoms with E-state index >= 15 is 0 Å². The minimum Gasteiger partial charge on any atom is -0.398 e. The van der Waals surface area contributed by atoms with Crippen LogP contribution in [0.1, 0.15) is 26.3 Å². The Kier molecular flexibility index (Phi) is 3.54. The number of hydrogen-bond acceptors (Lipinski definition) is 1. The fourth-order valence-electron chi connectivity index (χ4n) is 3.83. The first kappa shape index (κ1) is 15.7. The van der Waals surface area contributed by atoms with E-state index in [1.165, 1.54) is 38.2 Å². The minimum absolute atomic E-state index is 0.0326. The first-order valence-electron chi connectivity index (χ1n) is 8.76. The number of anilines is 1. The predicted molar refractivity (Wildman–Crippen MR) is 110 cm³/mol. The highest BCUT2D eigenvalue weighted by Crippen LogP contribution is 2.43. The van der Waals surface area contributed by atoms with E-state index in [1.54, 1.807) is 0 Å². The summed E-state index contributed by atoms with van der Waals surface area (Å²) in [5.74, 6) is 0. The molecule has 25 heavy (non-hydrogen) atoms. The lowest BCUT2D eigenvalue weighted by atomic mass is 9.78. The van der Waals surface area contributed by atoms with E-state index in [0.29, 0.717) is 0 Å². The Morgan fingerprint density at radius 2 is 1.28 bits per heavy atom. The SMILES string of the molecule is CC(C)(C)c1c(N)cc2cc3ccccc3cc2c1-c1ccccc1. The third-order valence-corrected chi connectivity index (χ3v) is 4.85. The molecule has 0 amide bonds. The third kappa shape index (κ3) is 2.66. The van der Waals surface area contributed by atoms with Crippen LogP contribution in [0.2, 0.25) is 0 Å². The van der Waals surface area contributed by atoms with Crippen molar-refractivity contribution in [2.75, 3.05) is 5.73 Å². The molecule has 2 N–H and O–H groups in total. The molecule has 0 bridgehead atoms. The fourth-order valence-corrected chi connectivity index (χ4v) is 3.83. The standard InChI is InChI=1S/C24H23N/c1-24(2,3)23-21(25)15-19-13-17-11-7-8-12-18(17)14-20(19)22(23)16-9-5-4-6-10-16/h4-15H,25H2,1-3H3. The molecule has 0 unspecified atom stereocenters. The second-order valence-electron chi connectivity index (χ2n) is 7.75. The monoisotopic (exact) mass is 325 g/mol. The van der Waals surface area contributed by atoms with E-state index in [1.807, 2.05) is 0 Å². The van der Waals surface area contributed by atoms with Crippen LogP contribution in [0.15, 0.2) is 72.8 Å². The highest BCUT2D eigenvalue weighted by molar-refractivity contribution is 6.08. The molecule has 0 aliphatic carbocycles. The van der Waals surface area contributed by atoms with Gasteiger partial charge in [0.2, 0.25) is 0 Å². The molecule has 0 atom stereocenters. The quantitative estimate of drug-likeness (QED) is 0.312. The number of fused-ring (bicyclic) bond motifs is 2. The molecule has 4 aromatic carbocycles. The van der Waals surface area contributed by atoms with Crippen LogP contribution in [0.5, 0.6) is 0 Å². The molecule has 0 saturated heterocycles. The van der Waals surface area contributed by atoms with Crippen LogP contribution in [0.4, 0.5) is 5.69 Å². The first-order chi connectivity index (χ1) is 11.9. The van der Waals surface area contributed by atoms with Crippen molar-refractivity contribution in [1.82, 2.24) is 0 Å². The zero-order valence-corrected chi connectivity index (χ0v) is 15.0. The molecule has 0 aliphatic heterocycles. The van der Waals surface area contributed by atoms with Gasteiger partial charge in [0.25, 0.3) is 0 Å². The molecule has 1 heteroatoms. The highest BCUT2D eigenvalue weighted by atomic mass is 14.6. The maximum absolute atomic E-state index is 6.56. The highest BCUT2D eigenvalue weighted by Gasteiger charge is 2.24. The van der Waals surface area contributed by atoms with Crippen molar-refractivity contribution in [3.8, 4) is 11.1 Å². The molecule has 4 rings (SSSR count). The van der Waals surface area contributed by atoms with Gasteiger partial charge in [-0.3, -0.25) is 0 Å². The third-order valence-electron chi connectivity index (χ3n) is 4.85. The number of rotatable bonds is 1. The van der Waals surface area contributed by atoms with Gasteiger partial charge in [-0.25, -0.2) is 0 Å². The van der Waals surface area contributed by atoms with Crippen LogP contribution >= 0.6 is 0 Å². The molecule has 0 radical (unpaired) electrons. The van der Waals surface area contributed by atoms with Crippen molar-refractivity contribution < 1.29 is 0 Å². The molecule has 124 valence electrons. The van der Waals surface area contributed by atoms with Crippen molar-refractivity contribution in [2.45, 2.75) is 26.2 Å². The molecule has 0 spiro atoms. The van der Waals surface area contributed by atoms with Gasteiger partial charge in [-0.2, -0.15) is 0 Å². The number of nitrogen functional groups attached to an aromatic ring is 1. The zero-order chi connectivity index (χ0) is 17.6. The summed E-state index contributed by atoms with van der Waals surface area (Å²) in [6.07, 6.45) is 0. The normalized spacial score (nSPS) is 12.0. The van der Waals surface area contributed by atoms with Crippen molar-refractivity contribution in [3.63, 3.8) is 0 Å². The van der Waals surface area contributed by atoms with Crippen LogP contribution < -0.4 is 5.73 Å². The maximum atomic E-state index is 6.56. The lowest BCUT2D eigenvalue weighted by Crippen LogP contribution is -2.16. The molecular formula is C24H23N. The van der Waals surface area contributed by atoms with E-state index in [9.17, 15) is 0 Å². The first-order valence-corrected chi connectivity index (χ1v) is 8.76. The Balaban J connectivity index is 2.21. The Hall–Kier alpha value is -2.80. The maximum Gasteiger partial charge on any atom is 0.0364 e. The summed E-state index contributed by atoms with van der Waals surface area (Å²) in [6, 6.07) is 25.8. The molecule has 0 saturated carbocycles. The summed E-state index contributed by atoms with van der Waals surface area (Å²) in [7, 11) is 0. The predicted octanol–water partition coefficient (Wildman–Crippen LogP) is 6.54. The Bertz CT molecular complexity index is 1070. The lowest BCUT2D eigenvalue weighted by molar-refractivity contribution is 0.595. The molecule has 4 aromatic rings. The second-order valence-corrected chi connectivity index (χ2v) is 7.75. The molecule has 0 fully saturated rings. The molecule has 0 aliphatic rings. The summed E-state index contributed by atoms with van der Waals surface area (Å²) >= 11 is 0. The van der Waals surface area contributed by atoms with Crippen LogP contribution in [0.3, 0.4) is 0 Å². The number of benzene rings is 4.